The lowest BCUT2D eigenvalue weighted by Gasteiger charge is -2.19. The second-order valence-electron chi connectivity index (χ2n) is 3.70. The van der Waals surface area contributed by atoms with Crippen LogP contribution in [-0.4, -0.2) is 47.1 Å². The van der Waals surface area contributed by atoms with Crippen LogP contribution in [0.1, 0.15) is 26.7 Å². The smallest absolute Gasteiger partial charge is 0.223 e. The van der Waals surface area contributed by atoms with Crippen LogP contribution in [0.3, 0.4) is 0 Å². The van der Waals surface area contributed by atoms with E-state index in [0.29, 0.717) is 24.6 Å². The van der Waals surface area contributed by atoms with E-state index in [1.165, 1.54) is 0 Å². The quantitative estimate of drug-likeness (QED) is 0.733. The van der Waals surface area contributed by atoms with Gasteiger partial charge in [-0.15, -0.1) is 0 Å². The summed E-state index contributed by atoms with van der Waals surface area (Å²) in [6.45, 7) is 4.42. The Morgan fingerprint density at radius 1 is 1.50 bits per heavy atom. The first-order valence-electron chi connectivity index (χ1n) is 4.92. The van der Waals surface area contributed by atoms with Crippen molar-refractivity contribution in [2.75, 3.05) is 19.8 Å². The lowest BCUT2D eigenvalue weighted by atomic mass is 10.2. The predicted molar refractivity (Wildman–Crippen MR) is 61.5 cm³/mol. The number of amides is 1. The maximum Gasteiger partial charge on any atom is 0.223 e. The molecule has 0 radical (unpaired) electrons. The summed E-state index contributed by atoms with van der Waals surface area (Å²) in [4.78, 5) is 13.2. The van der Waals surface area contributed by atoms with Crippen LogP contribution in [0.2, 0.25) is 0 Å². The molecule has 2 unspecified atom stereocenters. The van der Waals surface area contributed by atoms with Crippen molar-refractivity contribution in [2.45, 2.75) is 38.0 Å². The first-order chi connectivity index (χ1) is 6.47. The lowest BCUT2D eigenvalue weighted by Crippen LogP contribution is -2.30. The van der Waals surface area contributed by atoms with Crippen LogP contribution in [-0.2, 0) is 4.79 Å². The third kappa shape index (κ3) is 6.27. The predicted octanol–water partition coefficient (Wildman–Crippen LogP) is 1.36. The number of nitrogens with zero attached hydrogens (tertiary/aromatic N) is 1. The van der Waals surface area contributed by atoms with E-state index in [0.717, 1.165) is 0 Å². The highest BCUT2D eigenvalue weighted by molar-refractivity contribution is 7.99. The summed E-state index contributed by atoms with van der Waals surface area (Å²) in [7, 11) is 1.79. The number of hydrogen-bond acceptors (Lipinski definition) is 3. The Kier molecular flexibility index (Phi) is 7.01. The van der Waals surface area contributed by atoms with Crippen molar-refractivity contribution < 1.29 is 9.90 Å². The van der Waals surface area contributed by atoms with E-state index in [9.17, 15) is 4.79 Å². The normalized spacial score (nSPS) is 14.9. The highest BCUT2D eigenvalue weighted by Gasteiger charge is 2.12. The van der Waals surface area contributed by atoms with Gasteiger partial charge in [0.05, 0.1) is 6.10 Å². The van der Waals surface area contributed by atoms with Gasteiger partial charge in [-0.05, 0) is 19.6 Å². The minimum absolute atomic E-state index is 0.160. The molecule has 0 fully saturated rings. The number of carbonyl (C=O) groups is 1. The molecule has 3 nitrogen and oxygen atoms in total. The molecule has 14 heavy (non-hydrogen) atoms. The summed E-state index contributed by atoms with van der Waals surface area (Å²) < 4.78 is 0. The highest BCUT2D eigenvalue weighted by Crippen LogP contribution is 2.11. The SMILES string of the molecule is CSC(C)CC(=O)N(C)CCC(C)O. The number of aliphatic hydroxyl groups excluding tert-OH is 1. The van der Waals surface area contributed by atoms with Gasteiger partial charge in [0.1, 0.15) is 0 Å². The largest absolute Gasteiger partial charge is 0.393 e. The molecule has 0 bridgehead atoms. The maximum atomic E-state index is 11.6. The Hall–Kier alpha value is -0.220. The van der Waals surface area contributed by atoms with Crippen molar-refractivity contribution in [3.8, 4) is 0 Å². The number of aliphatic hydroxyl groups is 1. The van der Waals surface area contributed by atoms with Crippen LogP contribution < -0.4 is 0 Å². The lowest BCUT2D eigenvalue weighted by molar-refractivity contribution is -0.130. The van der Waals surface area contributed by atoms with Crippen LogP contribution in [0.4, 0.5) is 0 Å². The Balaban J connectivity index is 3.76. The molecule has 0 saturated carbocycles. The van der Waals surface area contributed by atoms with E-state index in [2.05, 4.69) is 0 Å². The van der Waals surface area contributed by atoms with Crippen molar-refractivity contribution in [1.29, 1.82) is 0 Å². The molecule has 1 N–H and O–H groups in total. The second-order valence-corrected chi connectivity index (χ2v) is 4.98. The third-order valence-corrected chi connectivity index (χ3v) is 3.14. The van der Waals surface area contributed by atoms with Gasteiger partial charge in [0.25, 0.3) is 0 Å². The van der Waals surface area contributed by atoms with Crippen LogP contribution in [0, 0.1) is 0 Å². The van der Waals surface area contributed by atoms with Gasteiger partial charge in [0.15, 0.2) is 0 Å². The molecular formula is C10H21NO2S. The van der Waals surface area contributed by atoms with Crippen molar-refractivity contribution in [3.63, 3.8) is 0 Å². The Labute approximate surface area is 90.9 Å². The van der Waals surface area contributed by atoms with E-state index in [4.69, 9.17) is 5.11 Å². The molecule has 0 heterocycles. The topological polar surface area (TPSA) is 40.5 Å². The van der Waals surface area contributed by atoms with Gasteiger partial charge in [0.2, 0.25) is 5.91 Å². The van der Waals surface area contributed by atoms with E-state index < -0.39 is 0 Å². The Bertz CT molecular complexity index is 174. The number of hydrogen-bond donors (Lipinski definition) is 1. The zero-order chi connectivity index (χ0) is 11.1. The zero-order valence-electron chi connectivity index (χ0n) is 9.49. The second kappa shape index (κ2) is 7.12. The molecule has 0 aliphatic rings. The summed E-state index contributed by atoms with van der Waals surface area (Å²) >= 11 is 1.70. The molecular weight excluding hydrogens is 198 g/mol. The van der Waals surface area contributed by atoms with Crippen molar-refractivity contribution in [3.05, 3.63) is 0 Å². The molecule has 0 aromatic rings. The Morgan fingerprint density at radius 2 is 2.07 bits per heavy atom. The first-order valence-corrected chi connectivity index (χ1v) is 6.21. The van der Waals surface area contributed by atoms with Crippen LogP contribution in [0.25, 0.3) is 0 Å². The zero-order valence-corrected chi connectivity index (χ0v) is 10.3. The Morgan fingerprint density at radius 3 is 2.50 bits per heavy atom. The van der Waals surface area contributed by atoms with E-state index in [1.807, 2.05) is 13.2 Å². The van der Waals surface area contributed by atoms with E-state index >= 15 is 0 Å². The minimum atomic E-state index is -0.330. The summed E-state index contributed by atoms with van der Waals surface area (Å²) in [6, 6.07) is 0. The van der Waals surface area contributed by atoms with Gasteiger partial charge in [0, 0.05) is 25.3 Å². The van der Waals surface area contributed by atoms with Crippen molar-refractivity contribution in [2.24, 2.45) is 0 Å². The average Bonchev–Trinajstić information content (AvgIpc) is 2.13. The van der Waals surface area contributed by atoms with Crippen molar-refractivity contribution >= 4 is 17.7 Å². The van der Waals surface area contributed by atoms with E-state index in [-0.39, 0.29) is 12.0 Å². The number of thioether (sulfide) groups is 1. The van der Waals surface area contributed by atoms with Gasteiger partial charge < -0.3 is 10.0 Å². The van der Waals surface area contributed by atoms with Crippen LogP contribution in [0.5, 0.6) is 0 Å². The monoisotopic (exact) mass is 219 g/mol. The van der Waals surface area contributed by atoms with Crippen LogP contribution in [0.15, 0.2) is 0 Å². The number of carbonyl (C=O) groups excluding carboxylic acids is 1. The van der Waals surface area contributed by atoms with Crippen molar-refractivity contribution in [1.82, 2.24) is 4.90 Å². The molecule has 0 rings (SSSR count). The molecule has 0 aromatic carbocycles. The van der Waals surface area contributed by atoms with Gasteiger partial charge >= 0.3 is 0 Å². The van der Waals surface area contributed by atoms with Gasteiger partial charge in [-0.25, -0.2) is 0 Å². The summed E-state index contributed by atoms with van der Waals surface area (Å²) in [5, 5.41) is 9.44. The molecule has 0 aliphatic heterocycles. The summed E-state index contributed by atoms with van der Waals surface area (Å²) in [5.41, 5.74) is 0. The molecule has 4 heteroatoms. The third-order valence-electron chi connectivity index (χ3n) is 2.17. The first kappa shape index (κ1) is 13.8. The average molecular weight is 219 g/mol. The fourth-order valence-corrected chi connectivity index (χ4v) is 1.30. The molecule has 0 aromatic heterocycles. The standard InChI is InChI=1S/C10H21NO2S/c1-8(12)5-6-11(3)10(13)7-9(2)14-4/h8-9,12H,5-7H2,1-4H3. The molecule has 0 saturated heterocycles. The molecule has 1 amide bonds. The fourth-order valence-electron chi connectivity index (χ4n) is 0.990. The van der Waals surface area contributed by atoms with E-state index in [1.54, 1.807) is 30.6 Å². The highest BCUT2D eigenvalue weighted by atomic mass is 32.2. The summed E-state index contributed by atoms with van der Waals surface area (Å²) in [6.07, 6.45) is 2.91. The summed E-state index contributed by atoms with van der Waals surface area (Å²) in [5.74, 6) is 0.160. The molecule has 2 atom stereocenters. The number of rotatable bonds is 6. The van der Waals surface area contributed by atoms with Gasteiger partial charge in [-0.2, -0.15) is 11.8 Å². The molecule has 0 spiro atoms. The fraction of sp³-hybridized carbons (Fsp3) is 0.900. The van der Waals surface area contributed by atoms with Crippen LogP contribution >= 0.6 is 11.8 Å². The van der Waals surface area contributed by atoms with Gasteiger partial charge in [-0.1, -0.05) is 6.92 Å². The van der Waals surface area contributed by atoms with Gasteiger partial charge in [-0.3, -0.25) is 4.79 Å². The molecule has 0 aliphatic carbocycles. The molecule has 84 valence electrons. The minimum Gasteiger partial charge on any atom is -0.393 e. The maximum absolute atomic E-state index is 11.6.